The van der Waals surface area contributed by atoms with Crippen LogP contribution >= 0.6 is 0 Å². The topological polar surface area (TPSA) is 118 Å². The smallest absolute Gasteiger partial charge is 0.318 e. The molecule has 0 aliphatic carbocycles. The monoisotopic (exact) mass is 597 g/mol. The summed E-state index contributed by atoms with van der Waals surface area (Å²) in [6.07, 6.45) is 2.66. The maximum Gasteiger partial charge on any atom is 0.318 e. The van der Waals surface area contributed by atoms with Gasteiger partial charge in [0.05, 0.1) is 37.4 Å². The van der Waals surface area contributed by atoms with Gasteiger partial charge >= 0.3 is 6.01 Å². The molecule has 3 aromatic rings. The molecule has 4 heterocycles. The number of nitriles is 1. The molecule has 1 aromatic heterocycles. The molecular formula is C33H39N7O4. The van der Waals surface area contributed by atoms with Crippen molar-refractivity contribution in [3.05, 3.63) is 66.4 Å². The number of amides is 1. The number of carbonyl (C=O) groups is 1. The summed E-state index contributed by atoms with van der Waals surface area (Å²) in [7, 11) is 3.80. The van der Waals surface area contributed by atoms with E-state index in [0.29, 0.717) is 31.9 Å². The Bertz CT molecular complexity index is 1590. The van der Waals surface area contributed by atoms with Crippen molar-refractivity contribution in [2.75, 3.05) is 63.3 Å². The Morgan fingerprint density at radius 1 is 1.18 bits per heavy atom. The number of hydrogen-bond donors (Lipinski definition) is 1. The molecule has 0 saturated carbocycles. The number of likely N-dealkylation sites (tertiary alicyclic amines) is 1. The van der Waals surface area contributed by atoms with Crippen LogP contribution < -0.4 is 14.5 Å². The van der Waals surface area contributed by atoms with E-state index in [9.17, 15) is 15.2 Å². The average molecular weight is 598 g/mol. The van der Waals surface area contributed by atoms with E-state index >= 15 is 0 Å². The van der Waals surface area contributed by atoms with Gasteiger partial charge in [-0.3, -0.25) is 9.69 Å². The Labute approximate surface area is 257 Å². The van der Waals surface area contributed by atoms with Crippen LogP contribution in [0.2, 0.25) is 0 Å². The van der Waals surface area contributed by atoms with E-state index < -0.39 is 11.6 Å². The zero-order valence-electron chi connectivity index (χ0n) is 25.4. The first-order valence-corrected chi connectivity index (χ1v) is 15.1. The third kappa shape index (κ3) is 5.68. The van der Waals surface area contributed by atoms with Crippen molar-refractivity contribution in [1.29, 1.82) is 5.26 Å². The van der Waals surface area contributed by atoms with Gasteiger partial charge < -0.3 is 29.3 Å². The lowest BCUT2D eigenvalue weighted by Crippen LogP contribution is -2.64. The molecular weight excluding hydrogens is 558 g/mol. The van der Waals surface area contributed by atoms with Gasteiger partial charge in [0.1, 0.15) is 12.4 Å². The molecule has 2 aromatic carbocycles. The molecule has 0 unspecified atom stereocenters. The lowest BCUT2D eigenvalue weighted by atomic mass is 10.00. The highest BCUT2D eigenvalue weighted by atomic mass is 16.5. The Hall–Kier alpha value is -4.24. The van der Waals surface area contributed by atoms with Crippen molar-refractivity contribution in [3.8, 4) is 12.1 Å². The molecule has 1 amide bonds. The number of methoxy groups -OCH3 is 1. The Balaban J connectivity index is 1.34. The summed E-state index contributed by atoms with van der Waals surface area (Å²) < 4.78 is 11.9. The van der Waals surface area contributed by atoms with E-state index in [1.165, 1.54) is 21.7 Å². The quantitative estimate of drug-likeness (QED) is 0.389. The van der Waals surface area contributed by atoms with Gasteiger partial charge in [-0.15, -0.1) is 0 Å². The predicted octanol–water partition coefficient (Wildman–Crippen LogP) is 2.73. The Morgan fingerprint density at radius 3 is 2.77 bits per heavy atom. The number of β-amino-alcohol motifs (C(OH)–C–C–N with tert-alkyl or cyclic N) is 1. The molecule has 3 aliphatic heterocycles. The minimum absolute atomic E-state index is 0.0386. The number of anilines is 2. The van der Waals surface area contributed by atoms with Crippen LogP contribution in [0.15, 0.2) is 55.1 Å². The van der Waals surface area contributed by atoms with Crippen molar-refractivity contribution in [2.45, 2.75) is 43.7 Å². The summed E-state index contributed by atoms with van der Waals surface area (Å²) in [6.45, 7) is 6.87. The van der Waals surface area contributed by atoms with Crippen molar-refractivity contribution < 1.29 is 19.4 Å². The van der Waals surface area contributed by atoms with Crippen LogP contribution in [0.1, 0.15) is 24.1 Å². The number of hydrogen-bond acceptors (Lipinski definition) is 10. The molecule has 0 bridgehead atoms. The maximum atomic E-state index is 12.6. The number of rotatable bonds is 8. The second-order valence-electron chi connectivity index (χ2n) is 11.9. The third-order valence-electron chi connectivity index (χ3n) is 9.16. The van der Waals surface area contributed by atoms with Crippen molar-refractivity contribution in [3.63, 3.8) is 0 Å². The minimum atomic E-state index is -1.68. The molecule has 3 atom stereocenters. The number of nitrogens with zero attached hydrogens (tertiary/aromatic N) is 7. The highest BCUT2D eigenvalue weighted by Gasteiger charge is 2.43. The molecule has 0 radical (unpaired) electrons. The van der Waals surface area contributed by atoms with Crippen LogP contribution in [0.5, 0.6) is 6.01 Å². The Kier molecular flexibility index (Phi) is 8.40. The number of aliphatic hydroxyl groups is 1. The van der Waals surface area contributed by atoms with E-state index in [1.54, 1.807) is 7.11 Å². The Morgan fingerprint density at radius 2 is 2.00 bits per heavy atom. The molecule has 2 fully saturated rings. The fourth-order valence-corrected chi connectivity index (χ4v) is 6.75. The first-order valence-electron chi connectivity index (χ1n) is 15.1. The van der Waals surface area contributed by atoms with E-state index in [2.05, 4.69) is 65.9 Å². The number of benzene rings is 2. The highest BCUT2D eigenvalue weighted by Crippen LogP contribution is 2.36. The van der Waals surface area contributed by atoms with Gasteiger partial charge in [-0.05, 0) is 37.4 Å². The largest absolute Gasteiger partial charge is 0.462 e. The predicted molar refractivity (Wildman–Crippen MR) is 167 cm³/mol. The normalized spacial score (nSPS) is 23.8. The third-order valence-corrected chi connectivity index (χ3v) is 9.16. The van der Waals surface area contributed by atoms with E-state index in [0.717, 1.165) is 36.5 Å². The lowest BCUT2D eigenvalue weighted by molar-refractivity contribution is -0.155. The van der Waals surface area contributed by atoms with Gasteiger partial charge in [-0.1, -0.05) is 43.0 Å². The van der Waals surface area contributed by atoms with Gasteiger partial charge in [0.2, 0.25) is 5.91 Å². The van der Waals surface area contributed by atoms with Gasteiger partial charge in [0.25, 0.3) is 0 Å². The number of ether oxygens (including phenoxy) is 2. The van der Waals surface area contributed by atoms with Gasteiger partial charge in [0, 0.05) is 56.0 Å². The van der Waals surface area contributed by atoms with Crippen LogP contribution in [0.3, 0.4) is 0 Å². The molecule has 6 rings (SSSR count). The van der Waals surface area contributed by atoms with Gasteiger partial charge in [-0.2, -0.15) is 15.2 Å². The fourth-order valence-electron chi connectivity index (χ4n) is 6.75. The molecule has 0 spiro atoms. The van der Waals surface area contributed by atoms with Crippen LogP contribution in [0.25, 0.3) is 10.8 Å². The van der Waals surface area contributed by atoms with Gasteiger partial charge in [-0.25, -0.2) is 0 Å². The van der Waals surface area contributed by atoms with Crippen molar-refractivity contribution >= 4 is 28.2 Å². The van der Waals surface area contributed by atoms with E-state index in [-0.39, 0.29) is 37.7 Å². The van der Waals surface area contributed by atoms with Crippen molar-refractivity contribution in [1.82, 2.24) is 19.8 Å². The summed E-state index contributed by atoms with van der Waals surface area (Å²) in [5.41, 5.74) is 1.33. The lowest BCUT2D eigenvalue weighted by Gasteiger charge is -2.47. The number of carbonyl (C=O) groups excluding carboxylic acids is 1. The molecule has 1 N–H and O–H groups in total. The number of aromatic nitrogens is 2. The maximum absolute atomic E-state index is 12.6. The van der Waals surface area contributed by atoms with Gasteiger partial charge in [0.15, 0.2) is 5.72 Å². The summed E-state index contributed by atoms with van der Waals surface area (Å²) in [5, 5.41) is 23.5. The second kappa shape index (κ2) is 12.4. The number of likely N-dealkylation sites (N-methyl/N-ethyl adjacent to an activating group) is 1. The van der Waals surface area contributed by atoms with E-state index in [4.69, 9.17) is 19.4 Å². The van der Waals surface area contributed by atoms with E-state index in [1.807, 2.05) is 11.0 Å². The average Bonchev–Trinajstić information content (AvgIpc) is 3.41. The fraction of sp³-hybridized carbons (Fsp3) is 0.455. The molecule has 11 heteroatoms. The number of fused-ring (bicyclic) bond motifs is 2. The molecule has 2 saturated heterocycles. The molecule has 3 aliphatic rings. The zero-order chi connectivity index (χ0) is 30.8. The first-order chi connectivity index (χ1) is 21.3. The van der Waals surface area contributed by atoms with Crippen LogP contribution in [0, 0.1) is 11.3 Å². The molecule has 11 nitrogen and oxygen atoms in total. The van der Waals surface area contributed by atoms with Crippen LogP contribution in [-0.4, -0.2) is 102 Å². The molecule has 230 valence electrons. The molecule has 44 heavy (non-hydrogen) atoms. The van der Waals surface area contributed by atoms with Crippen molar-refractivity contribution in [2.24, 2.45) is 0 Å². The number of piperazine rings is 1. The summed E-state index contributed by atoms with van der Waals surface area (Å²) >= 11 is 0. The summed E-state index contributed by atoms with van der Waals surface area (Å²) in [6, 6.07) is 17.2. The van der Waals surface area contributed by atoms with Crippen LogP contribution in [0.4, 0.5) is 11.5 Å². The summed E-state index contributed by atoms with van der Waals surface area (Å²) in [5.74, 6) is 0.274. The highest BCUT2D eigenvalue weighted by molar-refractivity contribution is 5.94. The summed E-state index contributed by atoms with van der Waals surface area (Å²) in [4.78, 5) is 30.3. The zero-order valence-corrected chi connectivity index (χ0v) is 25.4. The minimum Gasteiger partial charge on any atom is -0.462 e. The standard InChI is InChI=1S/C33H39N7O4/c1-4-30(41)40-17-16-39(22-33(40,42)13-14-34)31-27-12-15-38(29-11-7-9-23-8-5-6-10-26(23)29)20-28(27)35-32(36-31)44-21-24-18-25(43-3)19-37(24)2/h4-11,24-25,42H,1,12-13,15-22H2,2-3H3/t24-,25+,33-/m0/s1. The first kappa shape index (κ1) is 29.8. The van der Waals surface area contributed by atoms with Crippen LogP contribution in [-0.2, 0) is 22.5 Å². The SMILES string of the molecule is C=CC(=O)N1CCN(c2nc(OC[C@@H]3C[C@@H](OC)CN3C)nc3c2CCN(c2cccc4ccccc24)C3)C[C@@]1(O)CC#N. The second-order valence-corrected chi connectivity index (χ2v) is 11.9.